The van der Waals surface area contributed by atoms with E-state index in [1.807, 2.05) is 19.1 Å². The van der Waals surface area contributed by atoms with Gasteiger partial charge in [0.15, 0.2) is 5.67 Å². The summed E-state index contributed by atoms with van der Waals surface area (Å²) in [5.41, 5.74) is -0.766. The Morgan fingerprint density at radius 3 is 2.50 bits per heavy atom. The van der Waals surface area contributed by atoms with Crippen LogP contribution in [0.3, 0.4) is 0 Å². The Balaban J connectivity index is 2.50. The zero-order valence-corrected chi connectivity index (χ0v) is 9.37. The molecule has 0 aromatic heterocycles. The second kappa shape index (κ2) is 4.96. The highest BCUT2D eigenvalue weighted by molar-refractivity contribution is 5.68. The predicted molar refractivity (Wildman–Crippen MR) is 58.4 cm³/mol. The number of carboxylic acid groups (broad SMARTS) is 1. The van der Waals surface area contributed by atoms with Crippen LogP contribution in [0, 0.1) is 6.92 Å². The van der Waals surface area contributed by atoms with E-state index in [4.69, 9.17) is 9.84 Å². The van der Waals surface area contributed by atoms with Gasteiger partial charge in [-0.15, -0.1) is 0 Å². The van der Waals surface area contributed by atoms with Gasteiger partial charge in [0.25, 0.3) is 0 Å². The first-order chi connectivity index (χ1) is 7.39. The van der Waals surface area contributed by atoms with Gasteiger partial charge in [-0.2, -0.15) is 0 Å². The van der Waals surface area contributed by atoms with Crippen LogP contribution < -0.4 is 4.74 Å². The minimum Gasteiger partial charge on any atom is -0.490 e. The van der Waals surface area contributed by atoms with Crippen molar-refractivity contribution in [2.24, 2.45) is 0 Å². The summed E-state index contributed by atoms with van der Waals surface area (Å²) in [5, 5.41) is 8.49. The van der Waals surface area contributed by atoms with E-state index in [0.717, 1.165) is 5.56 Å². The van der Waals surface area contributed by atoms with Crippen molar-refractivity contribution in [2.45, 2.75) is 25.9 Å². The van der Waals surface area contributed by atoms with Crippen molar-refractivity contribution in [3.8, 4) is 5.75 Å². The molecule has 0 radical (unpaired) electrons. The fourth-order valence-electron chi connectivity index (χ4n) is 1.23. The van der Waals surface area contributed by atoms with Crippen LogP contribution >= 0.6 is 0 Å². The van der Waals surface area contributed by atoms with Crippen LogP contribution in [0.25, 0.3) is 0 Å². The summed E-state index contributed by atoms with van der Waals surface area (Å²) < 4.78 is 18.8. The molecule has 0 aliphatic heterocycles. The molecule has 0 saturated heterocycles. The van der Waals surface area contributed by atoms with Crippen molar-refractivity contribution in [2.75, 3.05) is 6.61 Å². The van der Waals surface area contributed by atoms with Crippen LogP contribution in [-0.2, 0) is 4.79 Å². The summed E-state index contributed by atoms with van der Waals surface area (Å²) in [5.74, 6) is -0.627. The number of aryl methyl sites for hydroxylation is 1. The van der Waals surface area contributed by atoms with E-state index in [0.29, 0.717) is 5.75 Å². The third kappa shape index (κ3) is 4.29. The maximum Gasteiger partial charge on any atom is 0.306 e. The van der Waals surface area contributed by atoms with Crippen molar-refractivity contribution >= 4 is 5.97 Å². The van der Waals surface area contributed by atoms with Gasteiger partial charge in [-0.05, 0) is 26.0 Å². The summed E-state index contributed by atoms with van der Waals surface area (Å²) >= 11 is 0. The van der Waals surface area contributed by atoms with Crippen LogP contribution in [0.15, 0.2) is 24.3 Å². The molecule has 0 saturated carbocycles. The van der Waals surface area contributed by atoms with E-state index in [-0.39, 0.29) is 6.61 Å². The monoisotopic (exact) mass is 226 g/mol. The van der Waals surface area contributed by atoms with Crippen LogP contribution in [0.1, 0.15) is 18.9 Å². The molecule has 1 atom stereocenters. The maximum atomic E-state index is 13.6. The quantitative estimate of drug-likeness (QED) is 0.839. The van der Waals surface area contributed by atoms with E-state index in [2.05, 4.69) is 0 Å². The molecule has 0 fully saturated rings. The largest absolute Gasteiger partial charge is 0.490 e. The summed E-state index contributed by atoms with van der Waals surface area (Å²) in [6, 6.07) is 7.16. The predicted octanol–water partition coefficient (Wildman–Crippen LogP) is 2.58. The third-order valence-electron chi connectivity index (χ3n) is 2.08. The first-order valence-electron chi connectivity index (χ1n) is 4.99. The number of alkyl halides is 1. The number of aliphatic carboxylic acids is 1. The molecule has 4 heteroatoms. The third-order valence-corrected chi connectivity index (χ3v) is 2.08. The normalized spacial score (nSPS) is 14.2. The van der Waals surface area contributed by atoms with Crippen molar-refractivity contribution in [1.29, 1.82) is 0 Å². The van der Waals surface area contributed by atoms with Gasteiger partial charge in [-0.25, -0.2) is 4.39 Å². The molecule has 1 aromatic rings. The Morgan fingerprint density at radius 2 is 2.00 bits per heavy atom. The van der Waals surface area contributed by atoms with Gasteiger partial charge in [0.2, 0.25) is 0 Å². The number of hydrogen-bond acceptors (Lipinski definition) is 2. The molecule has 1 aromatic carbocycles. The van der Waals surface area contributed by atoms with E-state index in [1.165, 1.54) is 6.92 Å². The van der Waals surface area contributed by atoms with Crippen molar-refractivity contribution in [1.82, 2.24) is 0 Å². The second-order valence-electron chi connectivity index (χ2n) is 4.09. The number of halogens is 1. The first kappa shape index (κ1) is 12.5. The molecule has 16 heavy (non-hydrogen) atoms. The van der Waals surface area contributed by atoms with Gasteiger partial charge in [-0.3, -0.25) is 4.79 Å². The van der Waals surface area contributed by atoms with Crippen LogP contribution in [0.2, 0.25) is 0 Å². The van der Waals surface area contributed by atoms with Crippen molar-refractivity contribution < 1.29 is 19.0 Å². The average Bonchev–Trinajstić information content (AvgIpc) is 2.15. The van der Waals surface area contributed by atoms with Crippen LogP contribution in [-0.4, -0.2) is 23.4 Å². The van der Waals surface area contributed by atoms with Gasteiger partial charge in [-0.1, -0.05) is 17.7 Å². The first-order valence-corrected chi connectivity index (χ1v) is 4.99. The minimum absolute atomic E-state index is 0.262. The van der Waals surface area contributed by atoms with E-state index in [1.54, 1.807) is 12.1 Å². The number of rotatable bonds is 5. The highest BCUT2D eigenvalue weighted by atomic mass is 19.1. The van der Waals surface area contributed by atoms with Crippen molar-refractivity contribution in [3.63, 3.8) is 0 Å². The van der Waals surface area contributed by atoms with E-state index in [9.17, 15) is 9.18 Å². The average molecular weight is 226 g/mol. The molecule has 3 nitrogen and oxygen atoms in total. The summed E-state index contributed by atoms with van der Waals surface area (Å²) in [6.07, 6.45) is -0.557. The van der Waals surface area contributed by atoms with Gasteiger partial charge in [0.1, 0.15) is 12.4 Å². The molecule has 1 N–H and O–H groups in total. The lowest BCUT2D eigenvalue weighted by atomic mass is 10.1. The summed E-state index contributed by atoms with van der Waals surface area (Å²) in [4.78, 5) is 10.4. The Bertz CT molecular complexity index is 357. The molecule has 88 valence electrons. The molecular formula is C12H15FO3. The number of hydrogen-bond donors (Lipinski definition) is 1. The fourth-order valence-corrected chi connectivity index (χ4v) is 1.23. The number of benzene rings is 1. The molecule has 0 heterocycles. The van der Waals surface area contributed by atoms with Gasteiger partial charge in [0.05, 0.1) is 6.42 Å². The number of carbonyl (C=O) groups is 1. The highest BCUT2D eigenvalue weighted by Gasteiger charge is 2.27. The topological polar surface area (TPSA) is 46.5 Å². The SMILES string of the molecule is Cc1ccc(OCC(C)(F)CC(=O)O)cc1. The molecular weight excluding hydrogens is 211 g/mol. The molecule has 1 rings (SSSR count). The van der Waals surface area contributed by atoms with Crippen LogP contribution in [0.4, 0.5) is 4.39 Å². The minimum atomic E-state index is -1.85. The fraction of sp³-hybridized carbons (Fsp3) is 0.417. The zero-order valence-electron chi connectivity index (χ0n) is 9.37. The van der Waals surface area contributed by atoms with E-state index < -0.39 is 18.1 Å². The van der Waals surface area contributed by atoms with E-state index >= 15 is 0 Å². The maximum absolute atomic E-state index is 13.6. The Morgan fingerprint density at radius 1 is 1.44 bits per heavy atom. The zero-order chi connectivity index (χ0) is 12.2. The number of ether oxygens (including phenoxy) is 1. The lowest BCUT2D eigenvalue weighted by molar-refractivity contribution is -0.140. The summed E-state index contributed by atoms with van der Waals surface area (Å²) in [7, 11) is 0. The van der Waals surface area contributed by atoms with Gasteiger partial charge in [0, 0.05) is 0 Å². The van der Waals surface area contributed by atoms with Crippen molar-refractivity contribution in [3.05, 3.63) is 29.8 Å². The van der Waals surface area contributed by atoms with Gasteiger partial charge >= 0.3 is 5.97 Å². The second-order valence-corrected chi connectivity index (χ2v) is 4.09. The molecule has 0 aliphatic carbocycles. The molecule has 0 aliphatic rings. The number of carboxylic acids is 1. The molecule has 0 amide bonds. The standard InChI is InChI=1S/C12H15FO3/c1-9-3-5-10(6-4-9)16-8-12(2,13)7-11(14)15/h3-6H,7-8H2,1-2H3,(H,14,15). The smallest absolute Gasteiger partial charge is 0.306 e. The molecule has 0 spiro atoms. The summed E-state index contributed by atoms with van der Waals surface area (Å²) in [6.45, 7) is 2.89. The molecule has 0 bridgehead atoms. The highest BCUT2D eigenvalue weighted by Crippen LogP contribution is 2.19. The van der Waals surface area contributed by atoms with Gasteiger partial charge < -0.3 is 9.84 Å². The lowest BCUT2D eigenvalue weighted by Gasteiger charge is -2.18. The Hall–Kier alpha value is -1.58. The Kier molecular flexibility index (Phi) is 3.88. The molecule has 1 unspecified atom stereocenters. The lowest BCUT2D eigenvalue weighted by Crippen LogP contribution is -2.30. The Labute approximate surface area is 93.9 Å². The van der Waals surface area contributed by atoms with Crippen LogP contribution in [0.5, 0.6) is 5.75 Å².